The van der Waals surface area contributed by atoms with E-state index in [1.807, 2.05) is 0 Å². The lowest BCUT2D eigenvalue weighted by Crippen LogP contribution is -2.23. The summed E-state index contributed by atoms with van der Waals surface area (Å²) in [5.74, 6) is 0. The third kappa shape index (κ3) is 2.99. The van der Waals surface area contributed by atoms with Gasteiger partial charge >= 0.3 is 0 Å². The highest BCUT2D eigenvalue weighted by Crippen LogP contribution is 2.25. The van der Waals surface area contributed by atoms with Crippen LogP contribution >= 0.6 is 0 Å². The molecule has 0 bridgehead atoms. The molecule has 1 rings (SSSR count). The van der Waals surface area contributed by atoms with Crippen molar-refractivity contribution in [2.45, 2.75) is 33.1 Å². The maximum Gasteiger partial charge on any atom is 0.0428 e. The highest BCUT2D eigenvalue weighted by atomic mass is 15.1. The lowest BCUT2D eigenvalue weighted by atomic mass is 10.0. The first kappa shape index (κ1) is 13.0. The van der Waals surface area contributed by atoms with E-state index in [-0.39, 0.29) is 0 Å². The fourth-order valence-electron chi connectivity index (χ4n) is 2.15. The van der Waals surface area contributed by atoms with Crippen LogP contribution in [0.1, 0.15) is 31.4 Å². The van der Waals surface area contributed by atoms with Crippen LogP contribution in [0.3, 0.4) is 0 Å². The van der Waals surface area contributed by atoms with Crippen LogP contribution in [0.25, 0.3) is 0 Å². The van der Waals surface area contributed by atoms with Crippen molar-refractivity contribution >= 4 is 5.69 Å². The number of benzene rings is 1. The third-order valence-corrected chi connectivity index (χ3v) is 3.04. The molecule has 0 saturated carbocycles. The minimum Gasteiger partial charge on any atom is -0.374 e. The molecule has 0 aliphatic heterocycles. The predicted molar refractivity (Wildman–Crippen MR) is 72.1 cm³/mol. The molecule has 2 nitrogen and oxygen atoms in total. The fraction of sp³-hybridized carbons (Fsp3) is 0.571. The Bertz CT molecular complexity index is 298. The minimum absolute atomic E-state index is 0.764. The average Bonchev–Trinajstić information content (AvgIpc) is 2.34. The predicted octanol–water partition coefficient (Wildman–Crippen LogP) is 2.60. The first-order valence-electron chi connectivity index (χ1n) is 6.26. The molecule has 90 valence electrons. The molecule has 2 N–H and O–H groups in total. The number of aryl methyl sites for hydroxylation is 2. The molecule has 2 heteroatoms. The van der Waals surface area contributed by atoms with E-state index in [1.54, 1.807) is 0 Å². The van der Waals surface area contributed by atoms with Gasteiger partial charge in [-0.15, -0.1) is 0 Å². The molecule has 1 aromatic carbocycles. The molecule has 0 spiro atoms. The van der Waals surface area contributed by atoms with Gasteiger partial charge in [0, 0.05) is 19.3 Å². The Kier molecular flexibility index (Phi) is 5.33. The van der Waals surface area contributed by atoms with Crippen LogP contribution in [-0.2, 0) is 12.8 Å². The van der Waals surface area contributed by atoms with Gasteiger partial charge in [-0.05, 0) is 36.9 Å². The Labute approximate surface area is 99.5 Å². The summed E-state index contributed by atoms with van der Waals surface area (Å²) in [7, 11) is 2.17. The lowest BCUT2D eigenvalue weighted by Gasteiger charge is -2.25. The van der Waals surface area contributed by atoms with Gasteiger partial charge in [-0.25, -0.2) is 0 Å². The Morgan fingerprint density at radius 2 is 1.69 bits per heavy atom. The SMILES string of the molecule is CCc1cccc(CC)c1N(C)CCCN. The molecule has 0 aromatic heterocycles. The summed E-state index contributed by atoms with van der Waals surface area (Å²) in [5, 5.41) is 0. The summed E-state index contributed by atoms with van der Waals surface area (Å²) >= 11 is 0. The summed E-state index contributed by atoms with van der Waals surface area (Å²) in [4.78, 5) is 2.35. The zero-order valence-corrected chi connectivity index (χ0v) is 10.8. The van der Waals surface area contributed by atoms with Gasteiger partial charge < -0.3 is 10.6 Å². The van der Waals surface area contributed by atoms with Crippen LogP contribution in [0.2, 0.25) is 0 Å². The van der Waals surface area contributed by atoms with E-state index in [4.69, 9.17) is 5.73 Å². The highest BCUT2D eigenvalue weighted by molar-refractivity contribution is 5.59. The monoisotopic (exact) mass is 220 g/mol. The zero-order chi connectivity index (χ0) is 12.0. The lowest BCUT2D eigenvalue weighted by molar-refractivity contribution is 0.787. The molecular formula is C14H24N2. The first-order chi connectivity index (χ1) is 7.74. The van der Waals surface area contributed by atoms with Gasteiger partial charge in [-0.2, -0.15) is 0 Å². The zero-order valence-electron chi connectivity index (χ0n) is 10.8. The number of nitrogens with zero attached hydrogens (tertiary/aromatic N) is 1. The molecule has 0 amide bonds. The summed E-state index contributed by atoms with van der Waals surface area (Å²) in [6.45, 7) is 6.24. The average molecular weight is 220 g/mol. The number of nitrogens with two attached hydrogens (primary N) is 1. The molecule has 0 saturated heterocycles. The normalized spacial score (nSPS) is 10.5. The second-order valence-corrected chi connectivity index (χ2v) is 4.20. The van der Waals surface area contributed by atoms with Crippen LogP contribution in [0.15, 0.2) is 18.2 Å². The maximum atomic E-state index is 5.57. The molecule has 0 aliphatic carbocycles. The molecule has 0 fully saturated rings. The van der Waals surface area contributed by atoms with Crippen molar-refractivity contribution in [3.8, 4) is 0 Å². The van der Waals surface area contributed by atoms with E-state index in [9.17, 15) is 0 Å². The van der Waals surface area contributed by atoms with Crippen LogP contribution in [0.5, 0.6) is 0 Å². The van der Waals surface area contributed by atoms with Gasteiger partial charge in [0.15, 0.2) is 0 Å². The van der Waals surface area contributed by atoms with Crippen molar-refractivity contribution in [3.05, 3.63) is 29.3 Å². The summed E-state index contributed by atoms with van der Waals surface area (Å²) in [6.07, 6.45) is 3.24. The molecule has 0 heterocycles. The number of para-hydroxylation sites is 1. The molecule has 0 unspecified atom stereocenters. The van der Waals surface area contributed by atoms with E-state index >= 15 is 0 Å². The van der Waals surface area contributed by atoms with Crippen molar-refractivity contribution in [3.63, 3.8) is 0 Å². The van der Waals surface area contributed by atoms with E-state index in [0.717, 1.165) is 32.4 Å². The Morgan fingerprint density at radius 3 is 2.12 bits per heavy atom. The third-order valence-electron chi connectivity index (χ3n) is 3.04. The Balaban J connectivity index is 2.97. The van der Waals surface area contributed by atoms with Gasteiger partial charge in [-0.3, -0.25) is 0 Å². The van der Waals surface area contributed by atoms with Gasteiger partial charge in [0.25, 0.3) is 0 Å². The van der Waals surface area contributed by atoms with Gasteiger partial charge in [0.2, 0.25) is 0 Å². The number of rotatable bonds is 6. The Morgan fingerprint density at radius 1 is 1.12 bits per heavy atom. The maximum absolute atomic E-state index is 5.57. The quantitative estimate of drug-likeness (QED) is 0.798. The highest BCUT2D eigenvalue weighted by Gasteiger charge is 2.09. The second kappa shape index (κ2) is 6.54. The van der Waals surface area contributed by atoms with Gasteiger partial charge in [-0.1, -0.05) is 32.0 Å². The van der Waals surface area contributed by atoms with Crippen molar-refractivity contribution in [2.75, 3.05) is 25.0 Å². The van der Waals surface area contributed by atoms with Crippen molar-refractivity contribution in [2.24, 2.45) is 5.73 Å². The standard InChI is InChI=1S/C14H24N2/c1-4-12-8-6-9-13(5-2)14(12)16(3)11-7-10-15/h6,8-9H,4-5,7,10-11,15H2,1-3H3. The van der Waals surface area contributed by atoms with Crippen LogP contribution < -0.4 is 10.6 Å². The van der Waals surface area contributed by atoms with E-state index in [2.05, 4.69) is 44.0 Å². The van der Waals surface area contributed by atoms with Crippen molar-refractivity contribution in [1.82, 2.24) is 0 Å². The molecule has 0 atom stereocenters. The second-order valence-electron chi connectivity index (χ2n) is 4.20. The summed E-state index contributed by atoms with van der Waals surface area (Å²) < 4.78 is 0. The van der Waals surface area contributed by atoms with Gasteiger partial charge in [0.1, 0.15) is 0 Å². The molecular weight excluding hydrogens is 196 g/mol. The fourth-order valence-corrected chi connectivity index (χ4v) is 2.15. The number of anilines is 1. The smallest absolute Gasteiger partial charge is 0.0428 e. The molecule has 1 aromatic rings. The Hall–Kier alpha value is -1.02. The summed E-state index contributed by atoms with van der Waals surface area (Å²) in [5.41, 5.74) is 9.87. The van der Waals surface area contributed by atoms with Crippen molar-refractivity contribution < 1.29 is 0 Å². The van der Waals surface area contributed by atoms with Crippen LogP contribution in [0, 0.1) is 0 Å². The van der Waals surface area contributed by atoms with Crippen LogP contribution in [-0.4, -0.2) is 20.1 Å². The minimum atomic E-state index is 0.764. The summed E-state index contributed by atoms with van der Waals surface area (Å²) in [6, 6.07) is 6.62. The van der Waals surface area contributed by atoms with Crippen molar-refractivity contribution in [1.29, 1.82) is 0 Å². The van der Waals surface area contributed by atoms with Gasteiger partial charge in [0.05, 0.1) is 0 Å². The van der Waals surface area contributed by atoms with E-state index < -0.39 is 0 Å². The molecule has 0 aliphatic rings. The number of hydrogen-bond donors (Lipinski definition) is 1. The molecule has 0 radical (unpaired) electrons. The first-order valence-corrected chi connectivity index (χ1v) is 6.26. The van der Waals surface area contributed by atoms with Crippen LogP contribution in [0.4, 0.5) is 5.69 Å². The van der Waals surface area contributed by atoms with E-state index in [1.165, 1.54) is 16.8 Å². The molecule has 16 heavy (non-hydrogen) atoms. The van der Waals surface area contributed by atoms with E-state index in [0.29, 0.717) is 0 Å². The number of hydrogen-bond acceptors (Lipinski definition) is 2. The largest absolute Gasteiger partial charge is 0.374 e. The topological polar surface area (TPSA) is 29.3 Å².